The molecule has 84 valence electrons. The van der Waals surface area contributed by atoms with Crippen LogP contribution in [-0.4, -0.2) is 4.98 Å². The summed E-state index contributed by atoms with van der Waals surface area (Å²) >= 11 is 0.579. The van der Waals surface area contributed by atoms with Gasteiger partial charge in [0, 0.05) is 6.54 Å². The lowest BCUT2D eigenvalue weighted by Gasteiger charge is -2.01. The summed E-state index contributed by atoms with van der Waals surface area (Å²) in [6.45, 7) is 2.70. The lowest BCUT2D eigenvalue weighted by molar-refractivity contribution is 0.645. The van der Waals surface area contributed by atoms with Crippen LogP contribution in [0.15, 0.2) is 29.8 Å². The lowest BCUT2D eigenvalue weighted by Crippen LogP contribution is -1.97. The van der Waals surface area contributed by atoms with Crippen molar-refractivity contribution in [2.75, 3.05) is 0 Å². The number of hydrogen-bond acceptors (Lipinski definition) is 3. The van der Waals surface area contributed by atoms with E-state index in [-0.39, 0.29) is 0 Å². The Hall–Kier alpha value is -0.660. The molecule has 0 atom stereocenters. The van der Waals surface area contributed by atoms with Crippen molar-refractivity contribution < 1.29 is 3.07 Å². The Morgan fingerprint density at radius 2 is 2.12 bits per heavy atom. The van der Waals surface area contributed by atoms with Crippen LogP contribution in [0.25, 0.3) is 10.4 Å². The second-order valence-corrected chi connectivity index (χ2v) is 5.41. The fourth-order valence-electron chi connectivity index (χ4n) is 1.46. The number of halogens is 1. The van der Waals surface area contributed by atoms with Crippen molar-refractivity contribution in [2.24, 2.45) is 0 Å². The number of rotatable bonds is 4. The van der Waals surface area contributed by atoms with E-state index < -0.39 is 21.5 Å². The smallest absolute Gasteiger partial charge is 0.237 e. The van der Waals surface area contributed by atoms with Gasteiger partial charge in [-0.1, -0.05) is 24.3 Å². The normalized spacial score (nSPS) is 10.6. The van der Waals surface area contributed by atoms with Crippen molar-refractivity contribution in [3.05, 3.63) is 41.0 Å². The number of aryl methyl sites for hydroxylation is 1. The Kier molecular flexibility index (Phi) is 4.14. The number of benzene rings is 1. The van der Waals surface area contributed by atoms with Gasteiger partial charge in [-0.25, -0.2) is 8.51 Å². The Labute approximate surface area is 109 Å². The first-order valence-electron chi connectivity index (χ1n) is 4.79. The molecule has 1 heterocycles. The highest BCUT2D eigenvalue weighted by Crippen LogP contribution is 2.27. The highest BCUT2D eigenvalue weighted by atomic mass is 127. The van der Waals surface area contributed by atoms with E-state index in [2.05, 4.69) is 32.8 Å². The molecule has 0 bridgehead atoms. The van der Waals surface area contributed by atoms with E-state index in [0.717, 1.165) is 11.3 Å². The van der Waals surface area contributed by atoms with Crippen LogP contribution in [0.4, 0.5) is 0 Å². The van der Waals surface area contributed by atoms with E-state index in [1.165, 1.54) is 10.4 Å². The fraction of sp³-hybridized carbons (Fsp3) is 0.182. The van der Waals surface area contributed by atoms with E-state index in [4.69, 9.17) is 0 Å². The van der Waals surface area contributed by atoms with Crippen molar-refractivity contribution in [3.63, 3.8) is 0 Å². The standard InChI is InChI=1S/C11H11IN2OS/c1-8-11(16-7-13-8)10-4-2-9(3-5-10)6-14-12-15/h2-5,7H,6H2,1H3,(H,14,15). The average Bonchev–Trinajstić information content (AvgIpc) is 2.74. The molecule has 2 rings (SSSR count). The van der Waals surface area contributed by atoms with Gasteiger partial charge < -0.3 is 0 Å². The number of aromatic nitrogens is 1. The fourth-order valence-corrected chi connectivity index (χ4v) is 2.87. The Bertz CT molecular complexity index is 481. The highest BCUT2D eigenvalue weighted by molar-refractivity contribution is 14.1. The van der Waals surface area contributed by atoms with Crippen LogP contribution in [0.5, 0.6) is 0 Å². The minimum absolute atomic E-state index is 0.679. The number of nitrogens with zero attached hydrogens (tertiary/aromatic N) is 1. The van der Waals surface area contributed by atoms with Crippen LogP contribution >= 0.6 is 32.8 Å². The largest absolute Gasteiger partial charge is 0.252 e. The summed E-state index contributed by atoms with van der Waals surface area (Å²) in [5.41, 5.74) is 5.28. The molecule has 0 amide bonds. The maximum Gasteiger partial charge on any atom is 0.237 e. The molecular formula is C11H11IN2OS. The third kappa shape index (κ3) is 2.72. The van der Waals surface area contributed by atoms with Gasteiger partial charge in [-0.2, -0.15) is 0 Å². The Morgan fingerprint density at radius 1 is 1.38 bits per heavy atom. The first-order valence-corrected chi connectivity index (χ1v) is 7.63. The van der Waals surface area contributed by atoms with Crippen LogP contribution in [-0.2, 0) is 9.61 Å². The summed E-state index contributed by atoms with van der Waals surface area (Å²) in [4.78, 5) is 5.45. The van der Waals surface area contributed by atoms with Gasteiger partial charge in [-0.05, 0) is 18.1 Å². The quantitative estimate of drug-likeness (QED) is 0.681. The molecule has 0 radical (unpaired) electrons. The van der Waals surface area contributed by atoms with E-state index in [1.807, 2.05) is 12.4 Å². The van der Waals surface area contributed by atoms with Gasteiger partial charge >= 0.3 is 0 Å². The molecule has 1 aromatic heterocycles. The third-order valence-electron chi connectivity index (χ3n) is 2.29. The summed E-state index contributed by atoms with van der Waals surface area (Å²) in [6, 6.07) is 8.28. The molecule has 2 aromatic rings. The van der Waals surface area contributed by atoms with Gasteiger partial charge in [0.25, 0.3) is 0 Å². The maximum atomic E-state index is 10.4. The molecule has 0 saturated carbocycles. The van der Waals surface area contributed by atoms with Crippen LogP contribution in [0, 0.1) is 6.92 Å². The van der Waals surface area contributed by atoms with E-state index >= 15 is 0 Å². The van der Waals surface area contributed by atoms with Gasteiger partial charge in [0.05, 0.1) is 16.1 Å². The zero-order chi connectivity index (χ0) is 11.4. The van der Waals surface area contributed by atoms with Gasteiger partial charge in [-0.3, -0.25) is 3.07 Å². The van der Waals surface area contributed by atoms with E-state index in [0.29, 0.717) is 6.54 Å². The molecule has 0 saturated heterocycles. The zero-order valence-corrected chi connectivity index (χ0v) is 11.7. The van der Waals surface area contributed by atoms with Crippen molar-refractivity contribution in [3.8, 4) is 10.4 Å². The summed E-state index contributed by atoms with van der Waals surface area (Å²) in [5, 5.41) is 0. The van der Waals surface area contributed by atoms with Gasteiger partial charge in [0.1, 0.15) is 0 Å². The van der Waals surface area contributed by atoms with Crippen LogP contribution in [0.1, 0.15) is 11.3 Å². The van der Waals surface area contributed by atoms with Crippen molar-refractivity contribution in [2.45, 2.75) is 13.5 Å². The molecule has 1 aromatic carbocycles. The minimum Gasteiger partial charge on any atom is -0.252 e. The van der Waals surface area contributed by atoms with Crippen molar-refractivity contribution >= 4 is 32.8 Å². The predicted octanol–water partition coefficient (Wildman–Crippen LogP) is 3.44. The van der Waals surface area contributed by atoms with Gasteiger partial charge in [-0.15, -0.1) is 11.3 Å². The van der Waals surface area contributed by atoms with E-state index in [1.54, 1.807) is 11.3 Å². The van der Waals surface area contributed by atoms with E-state index in [9.17, 15) is 3.07 Å². The molecule has 0 aliphatic carbocycles. The summed E-state index contributed by atoms with van der Waals surface area (Å²) in [7, 11) is 0. The number of nitrogens with one attached hydrogen (secondary N) is 1. The minimum atomic E-state index is -1.08. The first kappa shape index (κ1) is 11.8. The molecule has 3 nitrogen and oxygen atoms in total. The molecule has 0 spiro atoms. The van der Waals surface area contributed by atoms with Crippen LogP contribution in [0.2, 0.25) is 0 Å². The predicted molar refractivity (Wildman–Crippen MR) is 73.8 cm³/mol. The van der Waals surface area contributed by atoms with Crippen LogP contribution < -0.4 is 3.53 Å². The van der Waals surface area contributed by atoms with Gasteiger partial charge in [0.2, 0.25) is 21.5 Å². The lowest BCUT2D eigenvalue weighted by atomic mass is 10.1. The first-order chi connectivity index (χ1) is 7.81. The molecule has 5 heteroatoms. The van der Waals surface area contributed by atoms with Crippen molar-refractivity contribution in [1.29, 1.82) is 0 Å². The topological polar surface area (TPSA) is 42.0 Å². The average molecular weight is 346 g/mol. The summed E-state index contributed by atoms with van der Waals surface area (Å²) in [5.74, 6) is 0. The SMILES string of the molecule is Cc1ncsc1-c1ccc(CNI=O)cc1. The number of hydrogen-bond donors (Lipinski definition) is 1. The molecule has 16 heavy (non-hydrogen) atoms. The molecule has 0 unspecified atom stereocenters. The molecule has 0 aliphatic heterocycles. The monoisotopic (exact) mass is 346 g/mol. The second kappa shape index (κ2) is 5.60. The molecule has 0 aliphatic rings. The molecular weight excluding hydrogens is 335 g/mol. The molecule has 1 N–H and O–H groups in total. The molecule has 0 fully saturated rings. The third-order valence-corrected chi connectivity index (χ3v) is 3.96. The van der Waals surface area contributed by atoms with Gasteiger partial charge in [0.15, 0.2) is 0 Å². The number of thiazole rings is 1. The zero-order valence-electron chi connectivity index (χ0n) is 8.74. The summed E-state index contributed by atoms with van der Waals surface area (Å²) < 4.78 is 13.3. The second-order valence-electron chi connectivity index (χ2n) is 3.35. The summed E-state index contributed by atoms with van der Waals surface area (Å²) in [6.07, 6.45) is 0. The maximum absolute atomic E-state index is 10.4. The Balaban J connectivity index is 2.19. The van der Waals surface area contributed by atoms with Crippen molar-refractivity contribution in [1.82, 2.24) is 8.51 Å². The highest BCUT2D eigenvalue weighted by Gasteiger charge is 2.04. The van der Waals surface area contributed by atoms with Crippen LogP contribution in [0.3, 0.4) is 0 Å². The Morgan fingerprint density at radius 3 is 2.69 bits per heavy atom.